The van der Waals surface area contributed by atoms with Gasteiger partial charge in [-0.05, 0) is 13.8 Å². The molecule has 0 radical (unpaired) electrons. The fraction of sp³-hybridized carbons (Fsp3) is 0.875. The smallest absolute Gasteiger partial charge is 0.336 e. The summed E-state index contributed by atoms with van der Waals surface area (Å²) in [5.74, 6) is -0.267. The van der Waals surface area contributed by atoms with Crippen molar-refractivity contribution in [1.29, 1.82) is 0 Å². The lowest BCUT2D eigenvalue weighted by Crippen LogP contribution is -2.48. The van der Waals surface area contributed by atoms with E-state index >= 15 is 0 Å². The Morgan fingerprint density at radius 1 is 1.75 bits per heavy atom. The van der Waals surface area contributed by atoms with Crippen molar-refractivity contribution in [3.05, 3.63) is 0 Å². The molecule has 0 aliphatic carbocycles. The molecule has 1 saturated heterocycles. The second-order valence-corrected chi connectivity index (χ2v) is 2.88. The molecule has 4 heteroatoms. The molecular formula is C8H15NO3. The summed E-state index contributed by atoms with van der Waals surface area (Å²) in [6, 6.07) is 0.329. The van der Waals surface area contributed by atoms with E-state index in [-0.39, 0.29) is 5.97 Å². The van der Waals surface area contributed by atoms with Crippen LogP contribution in [0.3, 0.4) is 0 Å². The van der Waals surface area contributed by atoms with Gasteiger partial charge in [-0.25, -0.2) is 4.79 Å². The maximum absolute atomic E-state index is 11.1. The van der Waals surface area contributed by atoms with Gasteiger partial charge in [0.05, 0.1) is 13.2 Å². The van der Waals surface area contributed by atoms with E-state index < -0.39 is 6.10 Å². The van der Waals surface area contributed by atoms with E-state index in [0.29, 0.717) is 25.8 Å². The molecular weight excluding hydrogens is 158 g/mol. The Hall–Kier alpha value is -0.610. The van der Waals surface area contributed by atoms with Gasteiger partial charge in [-0.3, -0.25) is 0 Å². The van der Waals surface area contributed by atoms with Crippen LogP contribution in [-0.4, -0.2) is 37.9 Å². The Labute approximate surface area is 72.2 Å². The fourth-order valence-corrected chi connectivity index (χ4v) is 1.07. The molecule has 1 fully saturated rings. The molecule has 1 N–H and O–H groups in total. The molecule has 0 saturated carbocycles. The van der Waals surface area contributed by atoms with Gasteiger partial charge in [0.1, 0.15) is 0 Å². The molecule has 0 unspecified atom stereocenters. The van der Waals surface area contributed by atoms with E-state index in [1.165, 1.54) is 0 Å². The van der Waals surface area contributed by atoms with Gasteiger partial charge in [-0.2, -0.15) is 0 Å². The lowest BCUT2D eigenvalue weighted by molar-refractivity contribution is -0.159. The van der Waals surface area contributed by atoms with Crippen LogP contribution in [-0.2, 0) is 14.3 Å². The van der Waals surface area contributed by atoms with Crippen molar-refractivity contribution in [1.82, 2.24) is 5.32 Å². The van der Waals surface area contributed by atoms with Gasteiger partial charge in [0.15, 0.2) is 6.10 Å². The number of rotatable bonds is 2. The van der Waals surface area contributed by atoms with E-state index in [0.717, 1.165) is 0 Å². The van der Waals surface area contributed by atoms with E-state index in [2.05, 4.69) is 5.32 Å². The van der Waals surface area contributed by atoms with Crippen molar-refractivity contribution in [2.75, 3.05) is 19.8 Å². The predicted molar refractivity (Wildman–Crippen MR) is 43.8 cm³/mol. The Morgan fingerprint density at radius 3 is 3.00 bits per heavy atom. The zero-order valence-corrected chi connectivity index (χ0v) is 7.50. The lowest BCUT2D eigenvalue weighted by Gasteiger charge is -2.26. The first kappa shape index (κ1) is 9.48. The second kappa shape index (κ2) is 4.42. The molecule has 70 valence electrons. The third kappa shape index (κ3) is 2.46. The summed E-state index contributed by atoms with van der Waals surface area (Å²) in [7, 11) is 0. The molecule has 0 bridgehead atoms. The van der Waals surface area contributed by atoms with Gasteiger partial charge < -0.3 is 14.8 Å². The molecule has 0 aromatic carbocycles. The average molecular weight is 173 g/mol. The highest BCUT2D eigenvalue weighted by atomic mass is 16.6. The summed E-state index contributed by atoms with van der Waals surface area (Å²) in [4.78, 5) is 11.1. The standard InChI is InChI=1S/C8H15NO3/c1-3-11-8(10)7-4-9-6(2)5-12-7/h6-7,9H,3-5H2,1-2H3/t6-,7-/m0/s1. The van der Waals surface area contributed by atoms with Gasteiger partial charge in [0.2, 0.25) is 0 Å². The Morgan fingerprint density at radius 2 is 2.50 bits per heavy atom. The van der Waals surface area contributed by atoms with Gasteiger partial charge in [0, 0.05) is 12.6 Å². The molecule has 2 atom stereocenters. The van der Waals surface area contributed by atoms with Crippen molar-refractivity contribution in [3.63, 3.8) is 0 Å². The normalized spacial score (nSPS) is 29.8. The number of carbonyl (C=O) groups is 1. The van der Waals surface area contributed by atoms with Crippen LogP contribution in [0, 0.1) is 0 Å². The third-order valence-electron chi connectivity index (χ3n) is 1.75. The highest BCUT2D eigenvalue weighted by Crippen LogP contribution is 2.02. The van der Waals surface area contributed by atoms with Gasteiger partial charge in [-0.1, -0.05) is 0 Å². The summed E-state index contributed by atoms with van der Waals surface area (Å²) in [6.07, 6.45) is -0.416. The molecule has 4 nitrogen and oxygen atoms in total. The van der Waals surface area contributed by atoms with Crippen LogP contribution in [0.2, 0.25) is 0 Å². The van der Waals surface area contributed by atoms with Crippen LogP contribution in [0.15, 0.2) is 0 Å². The number of esters is 1. The largest absolute Gasteiger partial charge is 0.464 e. The number of hydrogen-bond donors (Lipinski definition) is 1. The van der Waals surface area contributed by atoms with Crippen LogP contribution >= 0.6 is 0 Å². The summed E-state index contributed by atoms with van der Waals surface area (Å²) in [6.45, 7) is 5.34. The minimum atomic E-state index is -0.416. The van der Waals surface area contributed by atoms with Crippen LogP contribution in [0.4, 0.5) is 0 Å². The quantitative estimate of drug-likeness (QED) is 0.594. The average Bonchev–Trinajstić information content (AvgIpc) is 2.06. The highest BCUT2D eigenvalue weighted by Gasteiger charge is 2.25. The monoisotopic (exact) mass is 173 g/mol. The number of morpholine rings is 1. The lowest BCUT2D eigenvalue weighted by atomic mass is 10.2. The van der Waals surface area contributed by atoms with Crippen molar-refractivity contribution in [2.24, 2.45) is 0 Å². The van der Waals surface area contributed by atoms with Crippen molar-refractivity contribution >= 4 is 5.97 Å². The number of ether oxygens (including phenoxy) is 2. The van der Waals surface area contributed by atoms with Crippen molar-refractivity contribution < 1.29 is 14.3 Å². The van der Waals surface area contributed by atoms with E-state index in [9.17, 15) is 4.79 Å². The Kier molecular flexibility index (Phi) is 3.49. The minimum Gasteiger partial charge on any atom is -0.464 e. The first-order valence-corrected chi connectivity index (χ1v) is 4.25. The second-order valence-electron chi connectivity index (χ2n) is 2.88. The Balaban J connectivity index is 2.29. The SMILES string of the molecule is CCOC(=O)[C@@H]1CN[C@@H](C)CO1. The molecule has 0 aromatic heterocycles. The maximum atomic E-state index is 11.1. The zero-order valence-electron chi connectivity index (χ0n) is 7.50. The number of nitrogens with one attached hydrogen (secondary N) is 1. The summed E-state index contributed by atoms with van der Waals surface area (Å²) in [5.41, 5.74) is 0. The van der Waals surface area contributed by atoms with Gasteiger partial charge in [0.25, 0.3) is 0 Å². The first-order chi connectivity index (χ1) is 5.74. The highest BCUT2D eigenvalue weighted by molar-refractivity contribution is 5.75. The van der Waals surface area contributed by atoms with Crippen LogP contribution in [0.5, 0.6) is 0 Å². The van der Waals surface area contributed by atoms with Crippen LogP contribution < -0.4 is 5.32 Å². The molecule has 1 aliphatic rings. The summed E-state index contributed by atoms with van der Waals surface area (Å²) < 4.78 is 10.1. The molecule has 12 heavy (non-hydrogen) atoms. The number of carbonyl (C=O) groups excluding carboxylic acids is 1. The minimum absolute atomic E-state index is 0.267. The maximum Gasteiger partial charge on any atom is 0.336 e. The molecule has 0 aromatic rings. The molecule has 0 amide bonds. The van der Waals surface area contributed by atoms with Crippen LogP contribution in [0.25, 0.3) is 0 Å². The van der Waals surface area contributed by atoms with Gasteiger partial charge in [-0.15, -0.1) is 0 Å². The van der Waals surface area contributed by atoms with Crippen LogP contribution in [0.1, 0.15) is 13.8 Å². The van der Waals surface area contributed by atoms with Gasteiger partial charge >= 0.3 is 5.97 Å². The first-order valence-electron chi connectivity index (χ1n) is 4.25. The molecule has 1 rings (SSSR count). The van der Waals surface area contributed by atoms with Crippen molar-refractivity contribution in [3.8, 4) is 0 Å². The summed E-state index contributed by atoms with van der Waals surface area (Å²) in [5, 5.41) is 3.15. The van der Waals surface area contributed by atoms with E-state index in [4.69, 9.17) is 9.47 Å². The Bertz CT molecular complexity index is 152. The third-order valence-corrected chi connectivity index (χ3v) is 1.75. The summed E-state index contributed by atoms with van der Waals surface area (Å²) >= 11 is 0. The predicted octanol–water partition coefficient (Wildman–Crippen LogP) is -0.0736. The molecule has 1 heterocycles. The van der Waals surface area contributed by atoms with Crippen molar-refractivity contribution in [2.45, 2.75) is 26.0 Å². The number of hydrogen-bond acceptors (Lipinski definition) is 4. The molecule has 0 spiro atoms. The fourth-order valence-electron chi connectivity index (χ4n) is 1.07. The zero-order chi connectivity index (χ0) is 8.97. The van der Waals surface area contributed by atoms with E-state index in [1.54, 1.807) is 6.92 Å². The van der Waals surface area contributed by atoms with E-state index in [1.807, 2.05) is 6.92 Å². The topological polar surface area (TPSA) is 47.6 Å². The molecule has 1 aliphatic heterocycles.